The minimum atomic E-state index is -0.0403. The van der Waals surface area contributed by atoms with Crippen molar-refractivity contribution in [2.75, 3.05) is 11.1 Å². The summed E-state index contributed by atoms with van der Waals surface area (Å²) >= 11 is 5.77. The summed E-state index contributed by atoms with van der Waals surface area (Å²) in [5.41, 5.74) is 6.77. The molecule has 0 aromatic heterocycles. The number of hydrogen-bond donors (Lipinski definition) is 2. The molecule has 0 aliphatic heterocycles. The fourth-order valence-electron chi connectivity index (χ4n) is 1.08. The van der Waals surface area contributed by atoms with Crippen LogP contribution in [0, 0.1) is 0 Å². The van der Waals surface area contributed by atoms with Gasteiger partial charge in [0.05, 0.1) is 11.4 Å². The Hall–Kier alpha value is -1.22. The van der Waals surface area contributed by atoms with Gasteiger partial charge in [-0.2, -0.15) is 0 Å². The molecule has 14 heavy (non-hydrogen) atoms. The summed E-state index contributed by atoms with van der Waals surface area (Å²) in [7, 11) is 0. The summed E-state index contributed by atoms with van der Waals surface area (Å²) in [4.78, 5) is 11.3. The molecular weight excluding hydrogens is 200 g/mol. The maximum Gasteiger partial charge on any atom is 0.224 e. The highest BCUT2D eigenvalue weighted by Gasteiger charge is 2.04. The van der Waals surface area contributed by atoms with Gasteiger partial charge in [0.1, 0.15) is 0 Å². The first kappa shape index (κ1) is 10.9. The van der Waals surface area contributed by atoms with Crippen molar-refractivity contribution < 1.29 is 4.79 Å². The number of carbonyl (C=O) groups is 1. The molecule has 76 valence electrons. The van der Waals surface area contributed by atoms with E-state index in [1.54, 1.807) is 18.2 Å². The van der Waals surface area contributed by atoms with E-state index < -0.39 is 0 Å². The predicted octanol–water partition coefficient (Wildman–Crippen LogP) is 2.66. The van der Waals surface area contributed by atoms with E-state index in [0.717, 1.165) is 6.42 Å². The molecule has 0 heterocycles. The summed E-state index contributed by atoms with van der Waals surface area (Å²) in [6, 6.07) is 5.00. The number of anilines is 2. The lowest BCUT2D eigenvalue weighted by Gasteiger charge is -2.07. The zero-order valence-corrected chi connectivity index (χ0v) is 8.77. The van der Waals surface area contributed by atoms with Gasteiger partial charge in [0, 0.05) is 11.4 Å². The number of rotatable bonds is 3. The molecule has 1 aromatic rings. The van der Waals surface area contributed by atoms with Gasteiger partial charge in [-0.3, -0.25) is 4.79 Å². The van der Waals surface area contributed by atoms with Crippen LogP contribution in [0.1, 0.15) is 19.8 Å². The molecule has 1 aromatic carbocycles. The third kappa shape index (κ3) is 2.92. The summed E-state index contributed by atoms with van der Waals surface area (Å²) < 4.78 is 0. The quantitative estimate of drug-likeness (QED) is 0.757. The molecule has 0 spiro atoms. The third-order valence-electron chi connectivity index (χ3n) is 1.77. The van der Waals surface area contributed by atoms with E-state index in [2.05, 4.69) is 5.32 Å². The zero-order chi connectivity index (χ0) is 10.6. The molecule has 0 fully saturated rings. The van der Waals surface area contributed by atoms with Crippen LogP contribution in [0.15, 0.2) is 18.2 Å². The molecule has 4 heteroatoms. The minimum Gasteiger partial charge on any atom is -0.397 e. The summed E-state index contributed by atoms with van der Waals surface area (Å²) in [5.74, 6) is -0.0403. The van der Waals surface area contributed by atoms with Crippen LogP contribution in [0.3, 0.4) is 0 Å². The summed E-state index contributed by atoms with van der Waals surface area (Å²) in [6.07, 6.45) is 1.30. The number of benzene rings is 1. The molecular formula is C10H13ClN2O. The minimum absolute atomic E-state index is 0.0403. The number of halogens is 1. The van der Waals surface area contributed by atoms with E-state index >= 15 is 0 Å². The van der Waals surface area contributed by atoms with Crippen molar-refractivity contribution >= 4 is 28.9 Å². The SMILES string of the molecule is CCCC(=O)Nc1cc(Cl)ccc1N. The molecule has 3 nitrogen and oxygen atoms in total. The third-order valence-corrected chi connectivity index (χ3v) is 2.00. The molecule has 0 atom stereocenters. The Kier molecular flexibility index (Phi) is 3.77. The Morgan fingerprint density at radius 2 is 2.29 bits per heavy atom. The number of amides is 1. The highest BCUT2D eigenvalue weighted by atomic mass is 35.5. The van der Waals surface area contributed by atoms with Gasteiger partial charge in [0.25, 0.3) is 0 Å². The van der Waals surface area contributed by atoms with Gasteiger partial charge in [0.15, 0.2) is 0 Å². The van der Waals surface area contributed by atoms with Gasteiger partial charge >= 0.3 is 0 Å². The monoisotopic (exact) mass is 212 g/mol. The number of nitrogens with one attached hydrogen (secondary N) is 1. The highest BCUT2D eigenvalue weighted by molar-refractivity contribution is 6.31. The standard InChI is InChI=1S/C10H13ClN2O/c1-2-3-10(14)13-9-6-7(11)4-5-8(9)12/h4-6H,2-3,12H2,1H3,(H,13,14). The van der Waals surface area contributed by atoms with Crippen molar-refractivity contribution in [2.24, 2.45) is 0 Å². The maximum absolute atomic E-state index is 11.3. The zero-order valence-electron chi connectivity index (χ0n) is 8.01. The van der Waals surface area contributed by atoms with Crippen LogP contribution < -0.4 is 11.1 Å². The Labute approximate surface area is 88.2 Å². The molecule has 0 radical (unpaired) electrons. The van der Waals surface area contributed by atoms with E-state index in [1.165, 1.54) is 0 Å². The number of nitrogens with two attached hydrogens (primary N) is 1. The molecule has 0 bridgehead atoms. The fraction of sp³-hybridized carbons (Fsp3) is 0.300. The lowest BCUT2D eigenvalue weighted by Crippen LogP contribution is -2.11. The van der Waals surface area contributed by atoms with Gasteiger partial charge in [-0.25, -0.2) is 0 Å². The first-order valence-electron chi connectivity index (χ1n) is 4.48. The van der Waals surface area contributed by atoms with Crippen LogP contribution in [-0.4, -0.2) is 5.91 Å². The predicted molar refractivity (Wildman–Crippen MR) is 59.4 cm³/mol. The normalized spacial score (nSPS) is 9.86. The van der Waals surface area contributed by atoms with Crippen LogP contribution >= 0.6 is 11.6 Å². The molecule has 0 saturated heterocycles. The first-order chi connectivity index (χ1) is 6.63. The first-order valence-corrected chi connectivity index (χ1v) is 4.86. The van der Waals surface area contributed by atoms with Crippen molar-refractivity contribution in [2.45, 2.75) is 19.8 Å². The lowest BCUT2D eigenvalue weighted by molar-refractivity contribution is -0.116. The van der Waals surface area contributed by atoms with Gasteiger partial charge in [-0.05, 0) is 24.6 Å². The van der Waals surface area contributed by atoms with Crippen LogP contribution in [-0.2, 0) is 4.79 Å². The van der Waals surface area contributed by atoms with Gasteiger partial charge in [-0.1, -0.05) is 18.5 Å². The van der Waals surface area contributed by atoms with E-state index in [-0.39, 0.29) is 5.91 Å². The number of nitrogen functional groups attached to an aromatic ring is 1. The number of hydrogen-bond acceptors (Lipinski definition) is 2. The topological polar surface area (TPSA) is 55.1 Å². The van der Waals surface area contributed by atoms with E-state index in [9.17, 15) is 4.79 Å². The molecule has 0 unspecified atom stereocenters. The smallest absolute Gasteiger partial charge is 0.224 e. The molecule has 1 rings (SSSR count). The van der Waals surface area contributed by atoms with Crippen LogP contribution in [0.4, 0.5) is 11.4 Å². The van der Waals surface area contributed by atoms with Crippen LogP contribution in [0.2, 0.25) is 5.02 Å². The van der Waals surface area contributed by atoms with E-state index in [4.69, 9.17) is 17.3 Å². The average molecular weight is 213 g/mol. The van der Waals surface area contributed by atoms with E-state index in [0.29, 0.717) is 22.8 Å². The van der Waals surface area contributed by atoms with Gasteiger partial charge in [0.2, 0.25) is 5.91 Å². The second-order valence-electron chi connectivity index (χ2n) is 3.03. The van der Waals surface area contributed by atoms with Crippen molar-refractivity contribution in [3.63, 3.8) is 0 Å². The molecule has 3 N–H and O–H groups in total. The molecule has 1 amide bonds. The summed E-state index contributed by atoms with van der Waals surface area (Å²) in [6.45, 7) is 1.95. The largest absolute Gasteiger partial charge is 0.397 e. The highest BCUT2D eigenvalue weighted by Crippen LogP contribution is 2.22. The Bertz CT molecular complexity index is 339. The maximum atomic E-state index is 11.3. The Morgan fingerprint density at radius 1 is 1.57 bits per heavy atom. The molecule has 0 saturated carbocycles. The lowest BCUT2D eigenvalue weighted by atomic mass is 10.2. The van der Waals surface area contributed by atoms with Crippen molar-refractivity contribution in [1.82, 2.24) is 0 Å². The van der Waals surface area contributed by atoms with Crippen molar-refractivity contribution in [3.8, 4) is 0 Å². The van der Waals surface area contributed by atoms with E-state index in [1.807, 2.05) is 6.92 Å². The Morgan fingerprint density at radius 3 is 2.93 bits per heavy atom. The van der Waals surface area contributed by atoms with Gasteiger partial charge < -0.3 is 11.1 Å². The van der Waals surface area contributed by atoms with Gasteiger partial charge in [-0.15, -0.1) is 0 Å². The average Bonchev–Trinajstić information content (AvgIpc) is 2.12. The number of carbonyl (C=O) groups excluding carboxylic acids is 1. The second-order valence-corrected chi connectivity index (χ2v) is 3.47. The van der Waals surface area contributed by atoms with Crippen molar-refractivity contribution in [3.05, 3.63) is 23.2 Å². The summed E-state index contributed by atoms with van der Waals surface area (Å²) in [5, 5.41) is 3.26. The fourth-order valence-corrected chi connectivity index (χ4v) is 1.25. The Balaban J connectivity index is 2.75. The molecule has 0 aliphatic carbocycles. The van der Waals surface area contributed by atoms with Crippen molar-refractivity contribution in [1.29, 1.82) is 0 Å². The second kappa shape index (κ2) is 4.86. The van der Waals surface area contributed by atoms with Crippen LogP contribution in [0.25, 0.3) is 0 Å². The molecule has 0 aliphatic rings. The van der Waals surface area contributed by atoms with Crippen LogP contribution in [0.5, 0.6) is 0 Å².